The van der Waals surface area contributed by atoms with E-state index >= 15 is 0 Å². The van der Waals surface area contributed by atoms with Crippen molar-refractivity contribution in [3.05, 3.63) is 84.3 Å². The van der Waals surface area contributed by atoms with E-state index in [0.717, 1.165) is 16.0 Å². The third-order valence-electron chi connectivity index (χ3n) is 14.9. The lowest BCUT2D eigenvalue weighted by Crippen LogP contribution is -2.60. The predicted octanol–water partition coefficient (Wildman–Crippen LogP) is 5.13. The third kappa shape index (κ3) is 17.6. The molecule has 78 heavy (non-hydrogen) atoms. The monoisotopic (exact) mass is 1090 g/mol. The molecule has 20 nitrogen and oxygen atoms in total. The van der Waals surface area contributed by atoms with Gasteiger partial charge in [0, 0.05) is 58.5 Å². The number of amides is 6. The Kier molecular flexibility index (Phi) is 25.5. The second-order valence-corrected chi connectivity index (χ2v) is 21.0. The van der Waals surface area contributed by atoms with Gasteiger partial charge in [0.2, 0.25) is 35.4 Å². The van der Waals surface area contributed by atoms with Crippen molar-refractivity contribution in [3.8, 4) is 11.5 Å². The molecule has 1 fully saturated rings. The molecular weight excluding hydrogens is 1000 g/mol. The van der Waals surface area contributed by atoms with Crippen molar-refractivity contribution in [2.45, 2.75) is 123 Å². The van der Waals surface area contributed by atoms with Gasteiger partial charge in [-0.1, -0.05) is 103 Å². The SMILES string of the molecule is CC[C@H](C)[C@@H]([C@@H](CC(=O)N1CCC[C@H]1[C@H](OC)[C@@H](C)C(=O)N[C@@H](Cc1ccccc1)c1nnc(-c2ccccc2)o1)OC)N(C)C(=O)[C@@H](NC(=O)[C@H](C(C)C)N(C)CCOCCOCCOCCN1C(=O)C=CC1=O)C(C)C. The molecule has 3 heterocycles. The van der Waals surface area contributed by atoms with Gasteiger partial charge in [-0.2, -0.15) is 0 Å². The van der Waals surface area contributed by atoms with E-state index in [2.05, 4.69) is 20.8 Å². The largest absolute Gasteiger partial charge is 0.418 e. The van der Waals surface area contributed by atoms with Crippen LogP contribution in [0.1, 0.15) is 91.6 Å². The summed E-state index contributed by atoms with van der Waals surface area (Å²) in [5, 5.41) is 14.9. The first-order valence-corrected chi connectivity index (χ1v) is 27.5. The predicted molar refractivity (Wildman–Crippen MR) is 293 cm³/mol. The molecule has 1 saturated heterocycles. The molecule has 6 amide bonds. The van der Waals surface area contributed by atoms with E-state index in [1.807, 2.05) is 114 Å². The van der Waals surface area contributed by atoms with Crippen LogP contribution in [0.15, 0.2) is 77.2 Å². The minimum absolute atomic E-state index is 0.0242. The van der Waals surface area contributed by atoms with Crippen molar-refractivity contribution >= 4 is 35.4 Å². The van der Waals surface area contributed by atoms with Gasteiger partial charge >= 0.3 is 0 Å². The van der Waals surface area contributed by atoms with Crippen molar-refractivity contribution in [2.75, 3.05) is 87.6 Å². The second-order valence-electron chi connectivity index (χ2n) is 21.0. The number of hydrogen-bond donors (Lipinski definition) is 2. The number of carbonyl (C=O) groups is 6. The molecule has 0 radical (unpaired) electrons. The summed E-state index contributed by atoms with van der Waals surface area (Å²) in [6.07, 6.45) is 3.55. The Hall–Kier alpha value is -5.90. The van der Waals surface area contributed by atoms with Crippen LogP contribution >= 0.6 is 0 Å². The topological polar surface area (TPSA) is 225 Å². The van der Waals surface area contributed by atoms with Gasteiger partial charge in [0.1, 0.15) is 12.1 Å². The summed E-state index contributed by atoms with van der Waals surface area (Å²) >= 11 is 0. The Morgan fingerprint density at radius 1 is 0.769 bits per heavy atom. The maximum absolute atomic E-state index is 14.7. The van der Waals surface area contributed by atoms with E-state index in [9.17, 15) is 28.8 Å². The van der Waals surface area contributed by atoms with Gasteiger partial charge in [-0.15, -0.1) is 10.2 Å². The number of imide groups is 1. The molecule has 2 aliphatic rings. The van der Waals surface area contributed by atoms with Crippen molar-refractivity contribution in [1.29, 1.82) is 0 Å². The summed E-state index contributed by atoms with van der Waals surface area (Å²) in [4.78, 5) is 87.6. The summed E-state index contributed by atoms with van der Waals surface area (Å²) in [5.74, 6) is -2.24. The Bertz CT molecular complexity index is 2370. The summed E-state index contributed by atoms with van der Waals surface area (Å²) in [5.41, 5.74) is 1.73. The first-order valence-electron chi connectivity index (χ1n) is 27.5. The molecule has 20 heteroatoms. The molecule has 0 saturated carbocycles. The fraction of sp³-hybridized carbons (Fsp3) is 0.621. The number of nitrogens with zero attached hydrogens (tertiary/aromatic N) is 6. The van der Waals surface area contributed by atoms with Crippen LogP contribution in [0.25, 0.3) is 11.5 Å². The van der Waals surface area contributed by atoms with E-state index in [4.69, 9.17) is 28.1 Å². The Morgan fingerprint density at radius 2 is 1.38 bits per heavy atom. The number of ether oxygens (including phenoxy) is 5. The lowest BCUT2D eigenvalue weighted by Gasteiger charge is -2.41. The van der Waals surface area contributed by atoms with Crippen LogP contribution in [0, 0.1) is 23.7 Å². The van der Waals surface area contributed by atoms with Crippen LogP contribution in [-0.4, -0.2) is 189 Å². The molecule has 5 rings (SSSR count). The number of carbonyl (C=O) groups excluding carboxylic acids is 6. The van der Waals surface area contributed by atoms with Crippen LogP contribution in [0.5, 0.6) is 0 Å². The highest BCUT2D eigenvalue weighted by atomic mass is 16.5. The van der Waals surface area contributed by atoms with Crippen molar-refractivity contribution < 1.29 is 56.9 Å². The smallest absolute Gasteiger partial charge is 0.253 e. The first-order chi connectivity index (χ1) is 37.4. The van der Waals surface area contributed by atoms with Gasteiger partial charge in [0.05, 0.1) is 88.9 Å². The zero-order valence-electron chi connectivity index (χ0n) is 47.8. The molecule has 0 unspecified atom stereocenters. The van der Waals surface area contributed by atoms with Crippen molar-refractivity contribution in [1.82, 2.24) is 40.4 Å². The second kappa shape index (κ2) is 31.6. The normalized spacial score (nSPS) is 17.8. The molecule has 3 aromatic rings. The third-order valence-corrected chi connectivity index (χ3v) is 14.9. The van der Waals surface area contributed by atoms with Crippen LogP contribution in [-0.2, 0) is 58.9 Å². The lowest BCUT2D eigenvalue weighted by molar-refractivity contribution is -0.148. The molecule has 9 atom stereocenters. The molecule has 0 bridgehead atoms. The number of aromatic nitrogens is 2. The quantitative estimate of drug-likeness (QED) is 0.0585. The average molecular weight is 1090 g/mol. The molecule has 2 N–H and O–H groups in total. The van der Waals surface area contributed by atoms with Gasteiger partial charge in [-0.3, -0.25) is 38.6 Å². The highest BCUT2D eigenvalue weighted by Crippen LogP contribution is 2.31. The Balaban J connectivity index is 1.17. The van der Waals surface area contributed by atoms with Gasteiger partial charge in [0.25, 0.3) is 11.8 Å². The van der Waals surface area contributed by atoms with E-state index in [0.29, 0.717) is 77.7 Å². The van der Waals surface area contributed by atoms with Gasteiger partial charge < -0.3 is 48.5 Å². The number of likely N-dealkylation sites (N-methyl/N-ethyl adjacent to an activating group) is 2. The molecule has 2 aromatic carbocycles. The summed E-state index contributed by atoms with van der Waals surface area (Å²) in [6, 6.07) is 16.2. The molecule has 0 aliphatic carbocycles. The molecular formula is C58H86N8O12. The highest BCUT2D eigenvalue weighted by Gasteiger charge is 2.44. The fourth-order valence-electron chi connectivity index (χ4n) is 10.4. The maximum atomic E-state index is 14.7. The number of rotatable bonds is 34. The van der Waals surface area contributed by atoms with Gasteiger partial charge in [-0.05, 0) is 55.3 Å². The summed E-state index contributed by atoms with van der Waals surface area (Å²) in [6.45, 7) is 16.6. The number of likely N-dealkylation sites (tertiary alicyclic amines) is 1. The average Bonchev–Trinajstić information content (AvgIpc) is 4.21. The zero-order valence-corrected chi connectivity index (χ0v) is 47.8. The van der Waals surface area contributed by atoms with E-state index in [-0.39, 0.29) is 78.7 Å². The van der Waals surface area contributed by atoms with Crippen LogP contribution < -0.4 is 10.6 Å². The summed E-state index contributed by atoms with van der Waals surface area (Å²) in [7, 11) is 6.70. The van der Waals surface area contributed by atoms with Gasteiger partial charge in [-0.25, -0.2) is 0 Å². The number of nitrogens with one attached hydrogen (secondary N) is 2. The minimum atomic E-state index is -0.868. The van der Waals surface area contributed by atoms with Crippen LogP contribution in [0.2, 0.25) is 0 Å². The fourth-order valence-corrected chi connectivity index (χ4v) is 10.4. The first kappa shape index (κ1) is 62.9. The van der Waals surface area contributed by atoms with E-state index in [1.165, 1.54) is 12.2 Å². The number of benzene rings is 2. The number of methoxy groups -OCH3 is 2. The molecule has 430 valence electrons. The highest BCUT2D eigenvalue weighted by molar-refractivity contribution is 6.12. The van der Waals surface area contributed by atoms with E-state index < -0.39 is 48.3 Å². The number of hydrogen-bond acceptors (Lipinski definition) is 15. The van der Waals surface area contributed by atoms with Crippen LogP contribution in [0.3, 0.4) is 0 Å². The van der Waals surface area contributed by atoms with Gasteiger partial charge in [0.15, 0.2) is 0 Å². The minimum Gasteiger partial charge on any atom is -0.418 e. The standard InChI is InChI=1S/C58H86N8O12/c1-12-40(6)52(64(9)58(72)50(38(2)3)60-55(71)51(39(4)5)63(8)28-30-75-32-34-77-35-33-76-31-29-66-47(67)25-26-48(66)68)46(73-10)37-49(69)65-27-19-24-45(65)53(74-11)41(7)54(70)59-44(36-42-20-15-13-16-21-42)57-62-61-56(78-57)43-22-17-14-18-23-43/h13-18,20-23,25-26,38-41,44-46,50-53H,12,19,24,27-37H2,1-11H3,(H,59,70)(H,60,71)/t40-,41+,44-,45-,46+,50-,51-,52-,53+/m0/s1. The zero-order chi connectivity index (χ0) is 56.9. The summed E-state index contributed by atoms with van der Waals surface area (Å²) < 4.78 is 35.3. The molecule has 1 aromatic heterocycles. The van der Waals surface area contributed by atoms with Crippen molar-refractivity contribution in [2.24, 2.45) is 23.7 Å². The lowest BCUT2D eigenvalue weighted by atomic mass is 9.89. The maximum Gasteiger partial charge on any atom is 0.253 e. The van der Waals surface area contributed by atoms with E-state index in [1.54, 1.807) is 38.0 Å². The van der Waals surface area contributed by atoms with Crippen LogP contribution in [0.4, 0.5) is 0 Å². The van der Waals surface area contributed by atoms with Crippen molar-refractivity contribution in [3.63, 3.8) is 0 Å². The Labute approximate surface area is 461 Å². The Morgan fingerprint density at radius 3 is 1.97 bits per heavy atom. The molecule has 0 spiro atoms. The molecule has 2 aliphatic heterocycles.